The summed E-state index contributed by atoms with van der Waals surface area (Å²) in [5, 5.41) is 3.69. The Balaban J connectivity index is 1.60. The van der Waals surface area contributed by atoms with Crippen molar-refractivity contribution in [3.63, 3.8) is 0 Å². The van der Waals surface area contributed by atoms with Gasteiger partial charge in [0.2, 0.25) is 5.91 Å². The number of nitrogens with zero attached hydrogens (tertiary/aromatic N) is 2. The highest BCUT2D eigenvalue weighted by molar-refractivity contribution is 6.03. The minimum absolute atomic E-state index is 0.335. The molecule has 2 aromatic heterocycles. The number of anilines is 1. The lowest BCUT2D eigenvalue weighted by atomic mass is 9.97. The average Bonchev–Trinajstić information content (AvgIpc) is 2.77. The Kier molecular flexibility index (Phi) is 5.49. The molecule has 0 radical (unpaired) electrons. The number of pyridine rings is 2. The monoisotopic (exact) mass is 419 g/mol. The zero-order valence-corrected chi connectivity index (χ0v) is 16.1. The third-order valence-electron chi connectivity index (χ3n) is 4.64. The molecule has 4 rings (SSSR count). The van der Waals surface area contributed by atoms with Crippen LogP contribution in [0.4, 0.5) is 18.9 Å². The van der Waals surface area contributed by atoms with E-state index in [4.69, 9.17) is 0 Å². The van der Waals surface area contributed by atoms with Crippen molar-refractivity contribution in [1.82, 2.24) is 9.97 Å². The first-order valence-corrected chi connectivity index (χ1v) is 9.36. The zero-order chi connectivity index (χ0) is 21.8. The van der Waals surface area contributed by atoms with Crippen LogP contribution in [-0.2, 0) is 11.0 Å². The Labute approximate surface area is 176 Å². The minimum atomic E-state index is -4.47. The summed E-state index contributed by atoms with van der Waals surface area (Å²) in [7, 11) is 0. The molecule has 2 aromatic carbocycles. The second-order valence-corrected chi connectivity index (χ2v) is 6.77. The Hall–Kier alpha value is -4.00. The van der Waals surface area contributed by atoms with Gasteiger partial charge in [-0.3, -0.25) is 14.8 Å². The lowest BCUT2D eigenvalue weighted by molar-refractivity contribution is -0.137. The summed E-state index contributed by atoms with van der Waals surface area (Å²) in [5.41, 5.74) is 1.87. The smallest absolute Gasteiger partial charge is 0.322 e. The van der Waals surface area contributed by atoms with E-state index >= 15 is 0 Å². The zero-order valence-electron chi connectivity index (χ0n) is 16.1. The van der Waals surface area contributed by atoms with Crippen LogP contribution in [0.25, 0.3) is 28.1 Å². The van der Waals surface area contributed by atoms with Crippen LogP contribution >= 0.6 is 0 Å². The van der Waals surface area contributed by atoms with Gasteiger partial charge in [0.25, 0.3) is 0 Å². The number of aromatic nitrogens is 2. The van der Waals surface area contributed by atoms with E-state index in [-0.39, 0.29) is 0 Å². The fourth-order valence-corrected chi connectivity index (χ4v) is 3.14. The third-order valence-corrected chi connectivity index (χ3v) is 4.64. The maximum Gasteiger partial charge on any atom is 0.416 e. The molecule has 0 aliphatic carbocycles. The molecule has 0 atom stereocenters. The molecule has 0 aliphatic rings. The van der Waals surface area contributed by atoms with Gasteiger partial charge in [0.1, 0.15) is 0 Å². The van der Waals surface area contributed by atoms with E-state index in [9.17, 15) is 18.0 Å². The summed E-state index contributed by atoms with van der Waals surface area (Å²) in [5.74, 6) is -0.410. The maximum atomic E-state index is 13.2. The Morgan fingerprint density at radius 1 is 0.968 bits per heavy atom. The lowest BCUT2D eigenvalue weighted by Gasteiger charge is -2.12. The van der Waals surface area contributed by atoms with Gasteiger partial charge in [-0.25, -0.2) is 0 Å². The second-order valence-electron chi connectivity index (χ2n) is 6.77. The molecule has 0 saturated heterocycles. The standard InChI is InChI=1S/C24H16F3N3O/c25-24(26,27)19-8-5-16(21(13-19)18-4-1-11-28-15-18)7-10-23(31)30-20-9-6-17-3-2-12-29-22(17)14-20/h1-15H,(H,30,31). The topological polar surface area (TPSA) is 54.9 Å². The lowest BCUT2D eigenvalue weighted by Crippen LogP contribution is -2.08. The summed E-state index contributed by atoms with van der Waals surface area (Å²) >= 11 is 0. The van der Waals surface area contributed by atoms with Gasteiger partial charge in [0, 0.05) is 41.3 Å². The van der Waals surface area contributed by atoms with E-state index in [0.717, 1.165) is 23.0 Å². The van der Waals surface area contributed by atoms with Crippen LogP contribution in [-0.4, -0.2) is 15.9 Å². The SMILES string of the molecule is O=C(C=Cc1ccc(C(F)(F)F)cc1-c1cccnc1)Nc1ccc2cccnc2c1. The van der Waals surface area contributed by atoms with Gasteiger partial charge in [0.15, 0.2) is 0 Å². The van der Waals surface area contributed by atoms with Crippen LogP contribution in [0.1, 0.15) is 11.1 Å². The molecule has 0 fully saturated rings. The van der Waals surface area contributed by atoms with Gasteiger partial charge in [-0.1, -0.05) is 24.3 Å². The summed E-state index contributed by atoms with van der Waals surface area (Å²) < 4.78 is 39.5. The number of carbonyl (C=O) groups is 1. The highest BCUT2D eigenvalue weighted by atomic mass is 19.4. The minimum Gasteiger partial charge on any atom is -0.322 e. The number of carbonyl (C=O) groups excluding carboxylic acids is 1. The molecule has 0 bridgehead atoms. The highest BCUT2D eigenvalue weighted by Crippen LogP contribution is 2.34. The van der Waals surface area contributed by atoms with Crippen LogP contribution in [0.5, 0.6) is 0 Å². The molecule has 0 aliphatic heterocycles. The number of rotatable bonds is 4. The van der Waals surface area contributed by atoms with E-state index < -0.39 is 17.6 Å². The first-order chi connectivity index (χ1) is 14.9. The summed E-state index contributed by atoms with van der Waals surface area (Å²) in [6.45, 7) is 0. The molecule has 0 saturated carbocycles. The van der Waals surface area contributed by atoms with E-state index in [1.807, 2.05) is 18.2 Å². The Morgan fingerprint density at radius 3 is 2.58 bits per heavy atom. The molecule has 2 heterocycles. The number of fused-ring (bicyclic) bond motifs is 1. The van der Waals surface area contributed by atoms with Gasteiger partial charge >= 0.3 is 6.18 Å². The van der Waals surface area contributed by atoms with E-state index in [2.05, 4.69) is 15.3 Å². The van der Waals surface area contributed by atoms with Gasteiger partial charge in [-0.05, 0) is 53.6 Å². The fourth-order valence-electron chi connectivity index (χ4n) is 3.14. The summed E-state index contributed by atoms with van der Waals surface area (Å²) in [6.07, 6.45) is 2.98. The Bertz CT molecular complexity index is 1270. The van der Waals surface area contributed by atoms with Crippen LogP contribution in [0.3, 0.4) is 0 Å². The van der Waals surface area contributed by atoms with Crippen molar-refractivity contribution in [1.29, 1.82) is 0 Å². The normalized spacial score (nSPS) is 11.7. The molecule has 154 valence electrons. The number of hydrogen-bond acceptors (Lipinski definition) is 3. The van der Waals surface area contributed by atoms with Gasteiger partial charge in [0.05, 0.1) is 11.1 Å². The van der Waals surface area contributed by atoms with E-state index in [1.54, 1.807) is 36.7 Å². The van der Waals surface area contributed by atoms with E-state index in [1.165, 1.54) is 24.4 Å². The van der Waals surface area contributed by atoms with Gasteiger partial charge in [-0.15, -0.1) is 0 Å². The van der Waals surface area contributed by atoms with Crippen molar-refractivity contribution < 1.29 is 18.0 Å². The molecule has 0 unspecified atom stereocenters. The largest absolute Gasteiger partial charge is 0.416 e. The molecule has 0 spiro atoms. The van der Waals surface area contributed by atoms with Gasteiger partial charge in [-0.2, -0.15) is 13.2 Å². The predicted molar refractivity (Wildman–Crippen MR) is 114 cm³/mol. The molecular formula is C24H16F3N3O. The van der Waals surface area contributed by atoms with Crippen molar-refractivity contribution >= 4 is 28.6 Å². The number of alkyl halides is 3. The number of amides is 1. The molecule has 31 heavy (non-hydrogen) atoms. The number of halogens is 3. The molecule has 4 aromatic rings. The van der Waals surface area contributed by atoms with Crippen molar-refractivity contribution in [2.75, 3.05) is 5.32 Å². The quantitative estimate of drug-likeness (QED) is 0.415. The van der Waals surface area contributed by atoms with Crippen molar-refractivity contribution in [2.45, 2.75) is 6.18 Å². The van der Waals surface area contributed by atoms with E-state index in [0.29, 0.717) is 22.4 Å². The molecule has 7 heteroatoms. The molecular weight excluding hydrogens is 403 g/mol. The fraction of sp³-hybridized carbons (Fsp3) is 0.0417. The van der Waals surface area contributed by atoms with Crippen LogP contribution < -0.4 is 5.32 Å². The van der Waals surface area contributed by atoms with Gasteiger partial charge < -0.3 is 5.32 Å². The average molecular weight is 419 g/mol. The van der Waals surface area contributed by atoms with Crippen LogP contribution in [0.15, 0.2) is 85.3 Å². The molecule has 1 amide bonds. The third kappa shape index (κ3) is 4.78. The van der Waals surface area contributed by atoms with Crippen molar-refractivity contribution in [3.05, 3.63) is 96.5 Å². The number of hydrogen-bond donors (Lipinski definition) is 1. The summed E-state index contributed by atoms with van der Waals surface area (Å²) in [6, 6.07) is 15.8. The molecule has 4 nitrogen and oxygen atoms in total. The molecule has 1 N–H and O–H groups in total. The first-order valence-electron chi connectivity index (χ1n) is 9.36. The second kappa shape index (κ2) is 8.39. The van der Waals surface area contributed by atoms with Crippen molar-refractivity contribution in [3.8, 4) is 11.1 Å². The summed E-state index contributed by atoms with van der Waals surface area (Å²) in [4.78, 5) is 20.6. The predicted octanol–water partition coefficient (Wildman–Crippen LogP) is 5.97. The number of nitrogens with one attached hydrogen (secondary N) is 1. The Morgan fingerprint density at radius 2 is 1.81 bits per heavy atom. The first kappa shape index (κ1) is 20.3. The highest BCUT2D eigenvalue weighted by Gasteiger charge is 2.31. The maximum absolute atomic E-state index is 13.2. The number of benzene rings is 2. The van der Waals surface area contributed by atoms with Crippen LogP contribution in [0, 0.1) is 0 Å². The van der Waals surface area contributed by atoms with Crippen LogP contribution in [0.2, 0.25) is 0 Å². The van der Waals surface area contributed by atoms with Crippen molar-refractivity contribution in [2.24, 2.45) is 0 Å².